The van der Waals surface area contributed by atoms with Crippen molar-refractivity contribution in [2.45, 2.75) is 0 Å². The Morgan fingerprint density at radius 2 is 2.30 bits per heavy atom. The van der Waals surface area contributed by atoms with Crippen LogP contribution in [0.3, 0.4) is 0 Å². The van der Waals surface area contributed by atoms with Gasteiger partial charge in [0.05, 0.1) is 0 Å². The Kier molecular flexibility index (Phi) is 0.768. The van der Waals surface area contributed by atoms with Crippen LogP contribution in [0.25, 0.3) is 19.0 Å². The maximum absolute atomic E-state index is 5.05. The zero-order valence-corrected chi connectivity index (χ0v) is 5.24. The molecule has 0 amide bonds. The molecule has 0 saturated heterocycles. The molecule has 2 aromatic rings. The second-order valence-corrected chi connectivity index (χ2v) is 1.93. The van der Waals surface area contributed by atoms with Gasteiger partial charge in [0.2, 0.25) is 0 Å². The third kappa shape index (κ3) is 0.452. The van der Waals surface area contributed by atoms with Crippen LogP contribution in [0, 0.1) is 0 Å². The summed E-state index contributed by atoms with van der Waals surface area (Å²) in [5.41, 5.74) is 0.510. The molecule has 4 nitrogen and oxygen atoms in total. The molecule has 0 spiro atoms. The number of hydrogen-bond donors (Lipinski definition) is 0. The zero-order valence-electron chi connectivity index (χ0n) is 5.24. The minimum absolute atomic E-state index is 0.440. The molecule has 0 aromatic carbocycles. The lowest BCUT2D eigenvalue weighted by atomic mass is 10.7. The molecule has 0 radical (unpaired) electrons. The van der Waals surface area contributed by atoms with Gasteiger partial charge in [-0.2, -0.15) is 14.6 Å². The Morgan fingerprint density at radius 3 is 3.00 bits per heavy atom. The molecular formula is C6H5N3O. The van der Waals surface area contributed by atoms with Crippen molar-refractivity contribution in [2.24, 2.45) is 0 Å². The second-order valence-electron chi connectivity index (χ2n) is 1.93. The standard InChI is InChI=1S/C6H5N3O/c1-4-5(2)10-6-7-3-8-9(4)6/h3H,1-2H2. The van der Waals surface area contributed by atoms with Crippen molar-refractivity contribution in [1.82, 2.24) is 14.6 Å². The van der Waals surface area contributed by atoms with E-state index in [1.165, 1.54) is 10.8 Å². The van der Waals surface area contributed by atoms with Gasteiger partial charge >= 0.3 is 5.84 Å². The van der Waals surface area contributed by atoms with E-state index in [4.69, 9.17) is 4.42 Å². The minimum Gasteiger partial charge on any atom is -0.423 e. The summed E-state index contributed by atoms with van der Waals surface area (Å²) >= 11 is 0. The molecule has 2 aromatic heterocycles. The molecule has 10 heavy (non-hydrogen) atoms. The van der Waals surface area contributed by atoms with Crippen molar-refractivity contribution in [2.75, 3.05) is 0 Å². The molecule has 0 fully saturated rings. The SMILES string of the molecule is C=c1oc2ncnn2c1=C. The van der Waals surface area contributed by atoms with E-state index in [0.29, 0.717) is 16.6 Å². The van der Waals surface area contributed by atoms with Gasteiger partial charge in [-0.15, -0.1) is 0 Å². The zero-order chi connectivity index (χ0) is 7.14. The molecule has 0 aliphatic heterocycles. The lowest BCUT2D eigenvalue weighted by molar-refractivity contribution is 0.562. The van der Waals surface area contributed by atoms with Crippen molar-refractivity contribution in [3.63, 3.8) is 0 Å². The van der Waals surface area contributed by atoms with Gasteiger partial charge in [0.25, 0.3) is 0 Å². The van der Waals surface area contributed by atoms with E-state index in [0.717, 1.165) is 0 Å². The fourth-order valence-electron chi connectivity index (χ4n) is 0.773. The van der Waals surface area contributed by atoms with Crippen LogP contribution in [-0.4, -0.2) is 14.6 Å². The summed E-state index contributed by atoms with van der Waals surface area (Å²) in [6, 6.07) is 0. The lowest BCUT2D eigenvalue weighted by Gasteiger charge is -1.70. The lowest BCUT2D eigenvalue weighted by Crippen LogP contribution is -2.22. The predicted octanol–water partition coefficient (Wildman–Crippen LogP) is -0.857. The molecule has 0 unspecified atom stereocenters. The largest absolute Gasteiger partial charge is 0.423 e. The van der Waals surface area contributed by atoms with Gasteiger partial charge in [-0.25, -0.2) is 0 Å². The van der Waals surface area contributed by atoms with Gasteiger partial charge in [-0.05, 0) is 0 Å². The molecule has 0 aliphatic rings. The Labute approximate surface area is 56.1 Å². The van der Waals surface area contributed by atoms with Crippen molar-refractivity contribution in [3.05, 3.63) is 17.1 Å². The minimum atomic E-state index is 0.440. The van der Waals surface area contributed by atoms with Crippen molar-refractivity contribution in [3.8, 4) is 0 Å². The van der Waals surface area contributed by atoms with Crippen molar-refractivity contribution >= 4 is 19.0 Å². The first kappa shape index (κ1) is 5.22. The first-order valence-corrected chi connectivity index (χ1v) is 2.75. The van der Waals surface area contributed by atoms with E-state index in [2.05, 4.69) is 23.2 Å². The van der Waals surface area contributed by atoms with E-state index >= 15 is 0 Å². The molecule has 0 atom stereocenters. The third-order valence-electron chi connectivity index (χ3n) is 1.31. The summed E-state index contributed by atoms with van der Waals surface area (Å²) < 4.78 is 6.56. The van der Waals surface area contributed by atoms with Crippen LogP contribution in [0.15, 0.2) is 10.7 Å². The predicted molar refractivity (Wildman–Crippen MR) is 35.5 cm³/mol. The van der Waals surface area contributed by atoms with E-state index in [9.17, 15) is 0 Å². The van der Waals surface area contributed by atoms with E-state index in [1.807, 2.05) is 0 Å². The first-order valence-electron chi connectivity index (χ1n) is 2.75. The highest BCUT2D eigenvalue weighted by Gasteiger charge is 1.98. The van der Waals surface area contributed by atoms with Crippen LogP contribution in [0.1, 0.15) is 0 Å². The van der Waals surface area contributed by atoms with Gasteiger partial charge in [-0.1, -0.05) is 13.2 Å². The Bertz CT molecular complexity index is 453. The molecule has 0 aliphatic carbocycles. The summed E-state index contributed by atoms with van der Waals surface area (Å²) in [6.45, 7) is 7.28. The summed E-state index contributed by atoms with van der Waals surface area (Å²) in [7, 11) is 0. The van der Waals surface area contributed by atoms with Gasteiger partial charge in [0.1, 0.15) is 17.1 Å². The van der Waals surface area contributed by atoms with Crippen molar-refractivity contribution in [1.29, 1.82) is 0 Å². The van der Waals surface area contributed by atoms with Crippen LogP contribution in [0.2, 0.25) is 0 Å². The smallest absolute Gasteiger partial charge is 0.325 e. The molecule has 4 heteroatoms. The van der Waals surface area contributed by atoms with E-state index in [-0.39, 0.29) is 0 Å². The molecule has 0 N–H and O–H groups in total. The molecule has 2 rings (SSSR count). The molecule has 2 heterocycles. The normalized spacial score (nSPS) is 10.8. The van der Waals surface area contributed by atoms with Crippen LogP contribution >= 0.6 is 0 Å². The van der Waals surface area contributed by atoms with E-state index in [1.54, 1.807) is 0 Å². The number of nitrogens with zero attached hydrogens (tertiary/aromatic N) is 3. The molecule has 0 bridgehead atoms. The molecular weight excluding hydrogens is 130 g/mol. The first-order chi connectivity index (χ1) is 4.79. The van der Waals surface area contributed by atoms with Crippen LogP contribution in [0.4, 0.5) is 0 Å². The van der Waals surface area contributed by atoms with Gasteiger partial charge < -0.3 is 4.42 Å². The Balaban J connectivity index is 3.24. The fourth-order valence-corrected chi connectivity index (χ4v) is 0.773. The molecule has 0 saturated carbocycles. The van der Waals surface area contributed by atoms with Gasteiger partial charge in [-0.3, -0.25) is 0 Å². The van der Waals surface area contributed by atoms with E-state index < -0.39 is 0 Å². The number of hydrogen-bond acceptors (Lipinski definition) is 3. The highest BCUT2D eigenvalue weighted by atomic mass is 16.4. The maximum atomic E-state index is 5.05. The second kappa shape index (κ2) is 1.47. The number of fused-ring (bicyclic) bond motifs is 1. The fraction of sp³-hybridized carbons (Fsp3) is 0. The Hall–Kier alpha value is -1.58. The van der Waals surface area contributed by atoms with Crippen molar-refractivity contribution < 1.29 is 4.42 Å². The summed E-state index contributed by atoms with van der Waals surface area (Å²) in [5, 5.41) is 4.49. The number of oxazole rings is 1. The Morgan fingerprint density at radius 1 is 1.50 bits per heavy atom. The number of aromatic nitrogens is 3. The highest BCUT2D eigenvalue weighted by molar-refractivity contribution is 5.21. The molecule has 50 valence electrons. The van der Waals surface area contributed by atoms with Gasteiger partial charge in [0, 0.05) is 0 Å². The highest BCUT2D eigenvalue weighted by Crippen LogP contribution is 1.85. The summed E-state index contributed by atoms with van der Waals surface area (Å²) in [6.07, 6.45) is 1.41. The third-order valence-corrected chi connectivity index (χ3v) is 1.31. The van der Waals surface area contributed by atoms with Crippen LogP contribution < -0.4 is 10.8 Å². The maximum Gasteiger partial charge on any atom is 0.325 e. The topological polar surface area (TPSA) is 43.3 Å². The van der Waals surface area contributed by atoms with Gasteiger partial charge in [0.15, 0.2) is 0 Å². The summed E-state index contributed by atoms with van der Waals surface area (Å²) in [5.74, 6) is 0.440. The quantitative estimate of drug-likeness (QED) is 0.472. The summed E-state index contributed by atoms with van der Waals surface area (Å²) in [4.78, 5) is 3.81. The van der Waals surface area contributed by atoms with Crippen LogP contribution in [0.5, 0.6) is 0 Å². The number of rotatable bonds is 0. The monoisotopic (exact) mass is 135 g/mol. The average molecular weight is 135 g/mol. The average Bonchev–Trinajstić information content (AvgIpc) is 2.41. The van der Waals surface area contributed by atoms with Crippen LogP contribution in [-0.2, 0) is 0 Å².